The maximum atomic E-state index is 11.5. The predicted octanol–water partition coefficient (Wildman–Crippen LogP) is 3.33. The van der Waals surface area contributed by atoms with Crippen LogP contribution in [0, 0.1) is 6.92 Å². The van der Waals surface area contributed by atoms with Crippen molar-refractivity contribution in [2.45, 2.75) is 33.6 Å². The van der Waals surface area contributed by atoms with E-state index in [9.17, 15) is 4.79 Å². The van der Waals surface area contributed by atoms with Gasteiger partial charge in [-0.15, -0.1) is 0 Å². The molecular weight excluding hydrogens is 188 g/mol. The number of carbonyl (C=O) groups is 1. The molecule has 0 N–H and O–H groups in total. The Bertz CT molecular complexity index is 378. The van der Waals surface area contributed by atoms with E-state index in [0.717, 1.165) is 22.4 Å². The van der Waals surface area contributed by atoms with Crippen LogP contribution in [0.5, 0.6) is 5.75 Å². The highest BCUT2D eigenvalue weighted by atomic mass is 16.5. The molecule has 0 saturated heterocycles. The summed E-state index contributed by atoms with van der Waals surface area (Å²) < 4.78 is 5.38. The topological polar surface area (TPSA) is 26.3 Å². The fourth-order valence-electron chi connectivity index (χ4n) is 1.86. The molecule has 1 aromatic carbocycles. The van der Waals surface area contributed by atoms with E-state index in [1.54, 1.807) is 14.0 Å². The summed E-state index contributed by atoms with van der Waals surface area (Å²) in [6.07, 6.45) is 0. The van der Waals surface area contributed by atoms with Crippen LogP contribution in [0.1, 0.15) is 48.2 Å². The van der Waals surface area contributed by atoms with E-state index in [-0.39, 0.29) is 5.78 Å². The second-order valence-corrected chi connectivity index (χ2v) is 4.09. The number of rotatable bonds is 3. The zero-order valence-electron chi connectivity index (χ0n) is 10.0. The summed E-state index contributed by atoms with van der Waals surface area (Å²) in [4.78, 5) is 11.5. The number of carbonyl (C=O) groups excluding carboxylic acids is 1. The highest BCUT2D eigenvalue weighted by Crippen LogP contribution is 2.33. The lowest BCUT2D eigenvalue weighted by molar-refractivity contribution is 0.101. The van der Waals surface area contributed by atoms with Crippen molar-refractivity contribution in [2.75, 3.05) is 7.11 Å². The number of hydrogen-bond acceptors (Lipinski definition) is 2. The molecule has 0 heterocycles. The third-order valence-corrected chi connectivity index (χ3v) is 2.55. The van der Waals surface area contributed by atoms with Crippen molar-refractivity contribution >= 4 is 5.78 Å². The number of Topliss-reactive ketones (excluding diaryl/α,β-unsaturated/α-hetero) is 1. The minimum atomic E-state index is 0.0944. The van der Waals surface area contributed by atoms with Crippen LogP contribution in [0.2, 0.25) is 0 Å². The van der Waals surface area contributed by atoms with E-state index in [1.165, 1.54) is 0 Å². The molecule has 1 rings (SSSR count). The highest BCUT2D eigenvalue weighted by Gasteiger charge is 2.17. The molecule has 1 aromatic rings. The second-order valence-electron chi connectivity index (χ2n) is 4.09. The largest absolute Gasteiger partial charge is 0.496 e. The van der Waals surface area contributed by atoms with Gasteiger partial charge in [0.2, 0.25) is 0 Å². The van der Waals surface area contributed by atoms with Crippen molar-refractivity contribution < 1.29 is 9.53 Å². The maximum Gasteiger partial charge on any atom is 0.160 e. The monoisotopic (exact) mass is 206 g/mol. The molecule has 0 fully saturated rings. The summed E-state index contributed by atoms with van der Waals surface area (Å²) in [6, 6.07) is 3.82. The van der Waals surface area contributed by atoms with Crippen molar-refractivity contribution in [1.29, 1.82) is 0 Å². The van der Waals surface area contributed by atoms with Crippen molar-refractivity contribution in [3.05, 3.63) is 28.8 Å². The van der Waals surface area contributed by atoms with Gasteiger partial charge in [-0.25, -0.2) is 0 Å². The SMILES string of the molecule is COc1c(C)ccc(C(C)=O)c1C(C)C. The van der Waals surface area contributed by atoms with Gasteiger partial charge in [0.15, 0.2) is 5.78 Å². The fourth-order valence-corrected chi connectivity index (χ4v) is 1.86. The van der Waals surface area contributed by atoms with E-state index < -0.39 is 0 Å². The van der Waals surface area contributed by atoms with Crippen LogP contribution in [-0.2, 0) is 0 Å². The molecule has 0 atom stereocenters. The first-order valence-corrected chi connectivity index (χ1v) is 5.17. The standard InChI is InChI=1S/C13H18O2/c1-8(2)12-11(10(4)14)7-6-9(3)13(12)15-5/h6-8H,1-5H3. The van der Waals surface area contributed by atoms with Crippen molar-refractivity contribution in [2.24, 2.45) is 0 Å². The Labute approximate surface area is 91.3 Å². The number of hydrogen-bond donors (Lipinski definition) is 0. The van der Waals surface area contributed by atoms with Gasteiger partial charge in [0, 0.05) is 11.1 Å². The van der Waals surface area contributed by atoms with Crippen LogP contribution in [0.25, 0.3) is 0 Å². The number of benzene rings is 1. The second kappa shape index (κ2) is 4.47. The number of aryl methyl sites for hydroxylation is 1. The quantitative estimate of drug-likeness (QED) is 0.709. The fraction of sp³-hybridized carbons (Fsp3) is 0.462. The average Bonchev–Trinajstić information content (AvgIpc) is 2.16. The first-order chi connectivity index (χ1) is 6.99. The minimum absolute atomic E-state index is 0.0944. The first kappa shape index (κ1) is 11.8. The number of methoxy groups -OCH3 is 1. The molecule has 0 bridgehead atoms. The number of ether oxygens (including phenoxy) is 1. The van der Waals surface area contributed by atoms with Crippen molar-refractivity contribution in [3.63, 3.8) is 0 Å². The third-order valence-electron chi connectivity index (χ3n) is 2.55. The molecule has 0 spiro atoms. The summed E-state index contributed by atoms with van der Waals surface area (Å²) in [5.41, 5.74) is 2.86. The van der Waals surface area contributed by atoms with E-state index >= 15 is 0 Å². The molecule has 0 saturated carbocycles. The van der Waals surface area contributed by atoms with Gasteiger partial charge in [0.05, 0.1) is 7.11 Å². The Morgan fingerprint density at radius 1 is 1.33 bits per heavy atom. The van der Waals surface area contributed by atoms with Gasteiger partial charge in [-0.05, 0) is 25.3 Å². The lowest BCUT2D eigenvalue weighted by Gasteiger charge is -2.17. The Kier molecular flexibility index (Phi) is 3.51. The Morgan fingerprint density at radius 3 is 2.33 bits per heavy atom. The van der Waals surface area contributed by atoms with Crippen LogP contribution in [-0.4, -0.2) is 12.9 Å². The van der Waals surface area contributed by atoms with Crippen molar-refractivity contribution in [3.8, 4) is 5.75 Å². The summed E-state index contributed by atoms with van der Waals surface area (Å²) in [6.45, 7) is 7.73. The molecule has 0 aliphatic carbocycles. The molecule has 0 aromatic heterocycles. The van der Waals surface area contributed by atoms with E-state index in [1.807, 2.05) is 19.1 Å². The molecule has 2 nitrogen and oxygen atoms in total. The minimum Gasteiger partial charge on any atom is -0.496 e. The van der Waals surface area contributed by atoms with Crippen molar-refractivity contribution in [1.82, 2.24) is 0 Å². The lowest BCUT2D eigenvalue weighted by Crippen LogP contribution is -2.05. The molecule has 0 aliphatic heterocycles. The van der Waals surface area contributed by atoms with Gasteiger partial charge in [-0.1, -0.05) is 26.0 Å². The Balaban J connectivity index is 3.49. The molecule has 15 heavy (non-hydrogen) atoms. The molecule has 2 heteroatoms. The van der Waals surface area contributed by atoms with Crippen LogP contribution >= 0.6 is 0 Å². The summed E-state index contributed by atoms with van der Waals surface area (Å²) in [7, 11) is 1.65. The van der Waals surface area contributed by atoms with E-state index in [2.05, 4.69) is 13.8 Å². The van der Waals surface area contributed by atoms with Gasteiger partial charge in [0.25, 0.3) is 0 Å². The van der Waals surface area contributed by atoms with Crippen LogP contribution in [0.15, 0.2) is 12.1 Å². The molecule has 0 unspecified atom stereocenters. The molecule has 0 amide bonds. The predicted molar refractivity (Wildman–Crippen MR) is 61.8 cm³/mol. The number of ketones is 1. The van der Waals surface area contributed by atoms with Gasteiger partial charge in [-0.2, -0.15) is 0 Å². The van der Waals surface area contributed by atoms with Gasteiger partial charge < -0.3 is 4.74 Å². The zero-order chi connectivity index (χ0) is 11.6. The normalized spacial score (nSPS) is 10.5. The van der Waals surface area contributed by atoms with Crippen LogP contribution < -0.4 is 4.74 Å². The first-order valence-electron chi connectivity index (χ1n) is 5.17. The third kappa shape index (κ3) is 2.20. The highest BCUT2D eigenvalue weighted by molar-refractivity contribution is 5.96. The molecular formula is C13H18O2. The zero-order valence-corrected chi connectivity index (χ0v) is 10.0. The van der Waals surface area contributed by atoms with E-state index in [4.69, 9.17) is 4.74 Å². The van der Waals surface area contributed by atoms with Crippen LogP contribution in [0.4, 0.5) is 0 Å². The Hall–Kier alpha value is -1.31. The lowest BCUT2D eigenvalue weighted by atomic mass is 9.92. The molecule has 82 valence electrons. The van der Waals surface area contributed by atoms with E-state index in [0.29, 0.717) is 5.92 Å². The maximum absolute atomic E-state index is 11.5. The molecule has 0 aliphatic rings. The van der Waals surface area contributed by atoms with Crippen LogP contribution in [0.3, 0.4) is 0 Å². The summed E-state index contributed by atoms with van der Waals surface area (Å²) in [5, 5.41) is 0. The van der Waals surface area contributed by atoms with Gasteiger partial charge >= 0.3 is 0 Å². The molecule has 0 radical (unpaired) electrons. The summed E-state index contributed by atoms with van der Waals surface area (Å²) in [5.74, 6) is 1.23. The average molecular weight is 206 g/mol. The van der Waals surface area contributed by atoms with Gasteiger partial charge in [-0.3, -0.25) is 4.79 Å². The van der Waals surface area contributed by atoms with Gasteiger partial charge in [0.1, 0.15) is 5.75 Å². The Morgan fingerprint density at radius 2 is 1.93 bits per heavy atom. The summed E-state index contributed by atoms with van der Waals surface area (Å²) >= 11 is 0. The smallest absolute Gasteiger partial charge is 0.160 e.